The lowest BCUT2D eigenvalue weighted by Gasteiger charge is -2.09. The molecule has 0 amide bonds. The number of hydrogen-bond acceptors (Lipinski definition) is 2. The molecule has 2 rings (SSSR count). The Morgan fingerprint density at radius 3 is 2.44 bits per heavy atom. The number of alkyl halides is 3. The fourth-order valence-electron chi connectivity index (χ4n) is 1.55. The van der Waals surface area contributed by atoms with Gasteiger partial charge < -0.3 is 9.88 Å². The third kappa shape index (κ3) is 3.59. The van der Waals surface area contributed by atoms with E-state index in [2.05, 4.69) is 10.3 Å². The van der Waals surface area contributed by atoms with Gasteiger partial charge in [0.25, 0.3) is 0 Å². The Morgan fingerprint density at radius 2 is 1.89 bits per heavy atom. The van der Waals surface area contributed by atoms with Gasteiger partial charge in [-0.05, 0) is 17.7 Å². The highest BCUT2D eigenvalue weighted by molar-refractivity contribution is 5.34. The van der Waals surface area contributed by atoms with Crippen molar-refractivity contribution in [3.8, 4) is 5.69 Å². The second kappa shape index (κ2) is 5.22. The number of benzene rings is 1. The molecule has 0 bridgehead atoms. The van der Waals surface area contributed by atoms with Gasteiger partial charge in [0.1, 0.15) is 0 Å². The van der Waals surface area contributed by atoms with Gasteiger partial charge in [-0.2, -0.15) is 13.2 Å². The molecule has 1 aromatic heterocycles. The maximum atomic E-state index is 11.9. The maximum absolute atomic E-state index is 11.9. The number of rotatable bonds is 4. The van der Waals surface area contributed by atoms with E-state index in [1.807, 2.05) is 16.7 Å². The lowest BCUT2D eigenvalue weighted by atomic mass is 10.2. The number of hydrogen-bond donors (Lipinski definition) is 1. The quantitative estimate of drug-likeness (QED) is 0.909. The average molecular weight is 255 g/mol. The number of imidazole rings is 1. The lowest BCUT2D eigenvalue weighted by Crippen LogP contribution is -2.28. The van der Waals surface area contributed by atoms with E-state index in [-0.39, 0.29) is 6.54 Å². The molecule has 0 fully saturated rings. The molecule has 6 heteroatoms. The summed E-state index contributed by atoms with van der Waals surface area (Å²) in [7, 11) is 0. The van der Waals surface area contributed by atoms with Crippen molar-refractivity contribution in [1.82, 2.24) is 14.9 Å². The topological polar surface area (TPSA) is 29.9 Å². The highest BCUT2D eigenvalue weighted by atomic mass is 19.4. The number of halogens is 3. The van der Waals surface area contributed by atoms with Crippen LogP contribution in [0.4, 0.5) is 13.2 Å². The molecule has 0 unspecified atom stereocenters. The van der Waals surface area contributed by atoms with Crippen LogP contribution in [0.15, 0.2) is 43.0 Å². The maximum Gasteiger partial charge on any atom is 0.401 e. The molecule has 1 N–H and O–H groups in total. The number of aromatic nitrogens is 2. The van der Waals surface area contributed by atoms with Crippen molar-refractivity contribution in [2.45, 2.75) is 12.7 Å². The van der Waals surface area contributed by atoms with Crippen molar-refractivity contribution in [2.75, 3.05) is 6.54 Å². The van der Waals surface area contributed by atoms with Crippen molar-refractivity contribution in [1.29, 1.82) is 0 Å². The highest BCUT2D eigenvalue weighted by Gasteiger charge is 2.25. The zero-order valence-electron chi connectivity index (χ0n) is 9.48. The zero-order chi connectivity index (χ0) is 13.0. The normalized spacial score (nSPS) is 11.7. The van der Waals surface area contributed by atoms with Crippen molar-refractivity contribution >= 4 is 0 Å². The summed E-state index contributed by atoms with van der Waals surface area (Å²) in [5.41, 5.74) is 1.73. The molecular weight excluding hydrogens is 243 g/mol. The Kier molecular flexibility index (Phi) is 3.66. The summed E-state index contributed by atoms with van der Waals surface area (Å²) in [4.78, 5) is 3.92. The molecule has 0 radical (unpaired) electrons. The van der Waals surface area contributed by atoms with E-state index in [4.69, 9.17) is 0 Å². The first kappa shape index (κ1) is 12.6. The van der Waals surface area contributed by atoms with E-state index in [1.165, 1.54) is 0 Å². The minimum absolute atomic E-state index is 0.198. The van der Waals surface area contributed by atoms with Gasteiger partial charge in [-0.1, -0.05) is 12.1 Å². The van der Waals surface area contributed by atoms with Gasteiger partial charge in [0, 0.05) is 24.6 Å². The van der Waals surface area contributed by atoms with Crippen molar-refractivity contribution in [3.63, 3.8) is 0 Å². The zero-order valence-corrected chi connectivity index (χ0v) is 9.48. The van der Waals surface area contributed by atoms with E-state index >= 15 is 0 Å². The monoisotopic (exact) mass is 255 g/mol. The predicted molar refractivity (Wildman–Crippen MR) is 61.3 cm³/mol. The van der Waals surface area contributed by atoms with Crippen LogP contribution in [-0.4, -0.2) is 22.3 Å². The fraction of sp³-hybridized carbons (Fsp3) is 0.250. The first-order valence-electron chi connectivity index (χ1n) is 5.39. The van der Waals surface area contributed by atoms with Gasteiger partial charge in [0.2, 0.25) is 0 Å². The molecule has 0 atom stereocenters. The molecule has 0 spiro atoms. The summed E-state index contributed by atoms with van der Waals surface area (Å²) in [5, 5.41) is 2.35. The van der Waals surface area contributed by atoms with E-state index in [9.17, 15) is 13.2 Å². The van der Waals surface area contributed by atoms with Crippen molar-refractivity contribution < 1.29 is 13.2 Å². The minimum Gasteiger partial charge on any atom is -0.306 e. The van der Waals surface area contributed by atoms with Crippen LogP contribution in [0.2, 0.25) is 0 Å². The average Bonchev–Trinajstić information content (AvgIpc) is 2.82. The van der Waals surface area contributed by atoms with E-state index in [0.717, 1.165) is 11.3 Å². The Balaban J connectivity index is 1.92. The van der Waals surface area contributed by atoms with Gasteiger partial charge in [0.15, 0.2) is 0 Å². The van der Waals surface area contributed by atoms with Crippen molar-refractivity contribution in [3.05, 3.63) is 48.5 Å². The third-order valence-electron chi connectivity index (χ3n) is 2.39. The molecular formula is C12H12F3N3. The third-order valence-corrected chi connectivity index (χ3v) is 2.39. The van der Waals surface area contributed by atoms with Crippen LogP contribution in [0.5, 0.6) is 0 Å². The summed E-state index contributed by atoms with van der Waals surface area (Å²) in [6.07, 6.45) is 0.962. The molecule has 0 aliphatic rings. The second-order valence-electron chi connectivity index (χ2n) is 3.86. The van der Waals surface area contributed by atoms with E-state index in [1.54, 1.807) is 30.9 Å². The minimum atomic E-state index is -4.17. The second-order valence-corrected chi connectivity index (χ2v) is 3.86. The molecule has 0 aliphatic heterocycles. The Bertz CT molecular complexity index is 474. The first-order chi connectivity index (χ1) is 8.54. The molecule has 2 aromatic rings. The van der Waals surface area contributed by atoms with Crippen LogP contribution >= 0.6 is 0 Å². The SMILES string of the molecule is FC(F)(F)CNCc1ccc(-n2ccnc2)cc1. The molecule has 0 saturated heterocycles. The number of nitrogens with zero attached hydrogens (tertiary/aromatic N) is 2. The van der Waals surface area contributed by atoms with Crippen LogP contribution in [0, 0.1) is 0 Å². The molecule has 3 nitrogen and oxygen atoms in total. The summed E-state index contributed by atoms with van der Waals surface area (Å²) in [6, 6.07) is 7.26. The molecule has 18 heavy (non-hydrogen) atoms. The molecule has 1 heterocycles. The predicted octanol–water partition coefficient (Wildman–Crippen LogP) is 2.52. The Morgan fingerprint density at radius 1 is 1.17 bits per heavy atom. The molecule has 0 aliphatic carbocycles. The fourth-order valence-corrected chi connectivity index (χ4v) is 1.55. The van der Waals surface area contributed by atoms with Crippen LogP contribution in [0.25, 0.3) is 5.69 Å². The summed E-state index contributed by atoms with van der Waals surface area (Å²) in [6.45, 7) is -0.778. The molecule has 96 valence electrons. The number of nitrogens with one attached hydrogen (secondary N) is 1. The van der Waals surface area contributed by atoms with E-state index in [0.29, 0.717) is 0 Å². The van der Waals surface area contributed by atoms with Crippen molar-refractivity contribution in [2.24, 2.45) is 0 Å². The lowest BCUT2D eigenvalue weighted by molar-refractivity contribution is -0.125. The van der Waals surface area contributed by atoms with E-state index < -0.39 is 12.7 Å². The van der Waals surface area contributed by atoms with Crippen LogP contribution in [0.3, 0.4) is 0 Å². The summed E-state index contributed by atoms with van der Waals surface area (Å²) in [5.74, 6) is 0. The van der Waals surface area contributed by atoms with Crippen LogP contribution in [-0.2, 0) is 6.54 Å². The van der Waals surface area contributed by atoms with Gasteiger partial charge in [-0.3, -0.25) is 0 Å². The Hall–Kier alpha value is -1.82. The standard InChI is InChI=1S/C12H12F3N3/c13-12(14,15)8-17-7-10-1-3-11(4-2-10)18-6-5-16-9-18/h1-6,9,17H,7-8H2. The van der Waals surface area contributed by atoms with Gasteiger partial charge >= 0.3 is 6.18 Å². The summed E-state index contributed by atoms with van der Waals surface area (Å²) < 4.78 is 37.6. The van der Waals surface area contributed by atoms with Gasteiger partial charge in [-0.15, -0.1) is 0 Å². The largest absolute Gasteiger partial charge is 0.401 e. The highest BCUT2D eigenvalue weighted by Crippen LogP contribution is 2.13. The molecule has 0 saturated carbocycles. The first-order valence-corrected chi connectivity index (χ1v) is 5.39. The van der Waals surface area contributed by atoms with Gasteiger partial charge in [0.05, 0.1) is 12.9 Å². The van der Waals surface area contributed by atoms with Crippen LogP contribution < -0.4 is 5.32 Å². The smallest absolute Gasteiger partial charge is 0.306 e. The summed E-state index contributed by atoms with van der Waals surface area (Å²) >= 11 is 0. The molecule has 1 aromatic carbocycles. The van der Waals surface area contributed by atoms with Crippen LogP contribution in [0.1, 0.15) is 5.56 Å². The Labute approximate surface area is 102 Å². The van der Waals surface area contributed by atoms with Gasteiger partial charge in [-0.25, -0.2) is 4.98 Å².